The minimum Gasteiger partial charge on any atom is -0.370 e. The minimum absolute atomic E-state index is 0.183. The Morgan fingerprint density at radius 1 is 1.06 bits per heavy atom. The van der Waals surface area contributed by atoms with Crippen molar-refractivity contribution in [1.82, 2.24) is 5.32 Å². The van der Waals surface area contributed by atoms with Crippen LogP contribution in [0, 0.1) is 0 Å². The van der Waals surface area contributed by atoms with Crippen molar-refractivity contribution in [2.24, 2.45) is 16.5 Å². The average molecular weight is 256 g/mol. The van der Waals surface area contributed by atoms with Crippen molar-refractivity contribution in [1.29, 1.82) is 0 Å². The van der Waals surface area contributed by atoms with Gasteiger partial charge < -0.3 is 25.8 Å². The van der Waals surface area contributed by atoms with Gasteiger partial charge in [-0.2, -0.15) is 0 Å². The highest BCUT2D eigenvalue weighted by Gasteiger charge is 2.46. The maximum atomic E-state index is 5.28. The first kappa shape index (κ1) is 13.6. The van der Waals surface area contributed by atoms with E-state index < -0.39 is 0 Å². The van der Waals surface area contributed by atoms with Crippen LogP contribution < -0.4 is 16.8 Å². The molecule has 3 aliphatic rings. The van der Waals surface area contributed by atoms with Crippen LogP contribution in [0.5, 0.6) is 0 Å². The summed E-state index contributed by atoms with van der Waals surface area (Å²) in [6.45, 7) is 12.0. The minimum atomic E-state index is 0.183. The molecule has 3 aliphatic heterocycles. The molecule has 6 nitrogen and oxygen atoms in total. The number of nitrogens with one attached hydrogen (secondary N) is 1. The van der Waals surface area contributed by atoms with Crippen LogP contribution in [-0.2, 0) is 0 Å². The summed E-state index contributed by atoms with van der Waals surface area (Å²) >= 11 is 0. The van der Waals surface area contributed by atoms with Crippen LogP contribution in [0.1, 0.15) is 0 Å². The fourth-order valence-corrected chi connectivity index (χ4v) is 3.07. The number of aliphatic imine (C=N–C) groups is 1. The SMILES string of the molecule is C[N+]12CC[N+](CCNCCN=C(N)N)(CC1)CC2. The Kier molecular flexibility index (Phi) is 4.09. The summed E-state index contributed by atoms with van der Waals surface area (Å²) in [7, 11) is 2.40. The zero-order valence-corrected chi connectivity index (χ0v) is 11.6. The zero-order valence-electron chi connectivity index (χ0n) is 11.6. The average Bonchev–Trinajstić information content (AvgIpc) is 2.35. The first-order chi connectivity index (χ1) is 8.54. The van der Waals surface area contributed by atoms with Crippen LogP contribution in [0.3, 0.4) is 0 Å². The normalized spacial score (nSPS) is 34.5. The molecule has 18 heavy (non-hydrogen) atoms. The van der Waals surface area contributed by atoms with E-state index in [-0.39, 0.29) is 5.96 Å². The molecule has 3 fully saturated rings. The molecule has 0 saturated carbocycles. The summed E-state index contributed by atoms with van der Waals surface area (Å²) in [5.41, 5.74) is 10.6. The Morgan fingerprint density at radius 3 is 2.22 bits per heavy atom. The lowest BCUT2D eigenvalue weighted by atomic mass is 10.1. The monoisotopic (exact) mass is 256 g/mol. The predicted molar refractivity (Wildman–Crippen MR) is 74.1 cm³/mol. The van der Waals surface area contributed by atoms with E-state index >= 15 is 0 Å². The molecule has 3 rings (SSSR count). The number of piperazine rings is 3. The van der Waals surface area contributed by atoms with Crippen molar-refractivity contribution in [2.45, 2.75) is 0 Å². The van der Waals surface area contributed by atoms with E-state index in [1.54, 1.807) is 0 Å². The van der Waals surface area contributed by atoms with E-state index in [0.717, 1.165) is 13.1 Å². The third kappa shape index (κ3) is 3.34. The molecule has 0 spiro atoms. The number of hydrogen-bond donors (Lipinski definition) is 3. The third-order valence-corrected chi connectivity index (χ3v) is 4.69. The van der Waals surface area contributed by atoms with Gasteiger partial charge in [0, 0.05) is 13.1 Å². The van der Waals surface area contributed by atoms with Crippen LogP contribution in [-0.4, -0.2) is 87.4 Å². The number of hydrogen-bond acceptors (Lipinski definition) is 2. The summed E-state index contributed by atoms with van der Waals surface area (Å²) in [6, 6.07) is 0. The maximum Gasteiger partial charge on any atom is 0.185 e. The molecule has 0 radical (unpaired) electrons. The molecule has 3 heterocycles. The van der Waals surface area contributed by atoms with E-state index in [9.17, 15) is 0 Å². The smallest absolute Gasteiger partial charge is 0.185 e. The van der Waals surface area contributed by atoms with Crippen LogP contribution in [0.2, 0.25) is 0 Å². The lowest BCUT2D eigenvalue weighted by Gasteiger charge is -2.54. The second kappa shape index (κ2) is 5.42. The molecule has 0 aliphatic carbocycles. The van der Waals surface area contributed by atoms with Gasteiger partial charge in [-0.1, -0.05) is 0 Å². The van der Waals surface area contributed by atoms with E-state index in [2.05, 4.69) is 17.4 Å². The Balaban J connectivity index is 1.64. The largest absolute Gasteiger partial charge is 0.370 e. The molecule has 5 N–H and O–H groups in total. The van der Waals surface area contributed by atoms with Crippen molar-refractivity contribution >= 4 is 5.96 Å². The van der Waals surface area contributed by atoms with Crippen LogP contribution in [0.15, 0.2) is 4.99 Å². The summed E-state index contributed by atoms with van der Waals surface area (Å²) < 4.78 is 2.63. The molecule has 0 aromatic rings. The molecular formula is C12H28N6+2. The van der Waals surface area contributed by atoms with Crippen molar-refractivity contribution in [2.75, 3.05) is 72.5 Å². The van der Waals surface area contributed by atoms with Crippen molar-refractivity contribution in [3.63, 3.8) is 0 Å². The van der Waals surface area contributed by atoms with Gasteiger partial charge in [-0.15, -0.1) is 0 Å². The topological polar surface area (TPSA) is 76.4 Å². The molecule has 3 saturated heterocycles. The molecule has 0 amide bonds. The van der Waals surface area contributed by atoms with E-state index in [0.29, 0.717) is 6.54 Å². The second-order valence-electron chi connectivity index (χ2n) is 6.08. The van der Waals surface area contributed by atoms with Crippen molar-refractivity contribution < 1.29 is 8.97 Å². The van der Waals surface area contributed by atoms with E-state index in [1.807, 2.05) is 0 Å². The molecule has 2 bridgehead atoms. The first-order valence-electron chi connectivity index (χ1n) is 6.99. The Bertz CT molecular complexity index is 285. The highest BCUT2D eigenvalue weighted by molar-refractivity contribution is 5.75. The molecule has 0 unspecified atom stereocenters. The molecule has 6 heteroatoms. The van der Waals surface area contributed by atoms with E-state index in [4.69, 9.17) is 11.5 Å². The maximum absolute atomic E-state index is 5.28. The quantitative estimate of drug-likeness (QED) is 0.226. The van der Waals surface area contributed by atoms with Gasteiger partial charge in [-0.25, -0.2) is 0 Å². The lowest BCUT2D eigenvalue weighted by molar-refractivity contribution is -1.07. The number of fused-ring (bicyclic) bond motifs is 3. The number of quaternary nitrogens is 2. The summed E-state index contributed by atoms with van der Waals surface area (Å²) in [4.78, 5) is 3.97. The highest BCUT2D eigenvalue weighted by atomic mass is 15.5. The van der Waals surface area contributed by atoms with Crippen molar-refractivity contribution in [3.8, 4) is 0 Å². The van der Waals surface area contributed by atoms with Crippen LogP contribution in [0.25, 0.3) is 0 Å². The third-order valence-electron chi connectivity index (χ3n) is 4.69. The van der Waals surface area contributed by atoms with Gasteiger partial charge in [0.2, 0.25) is 0 Å². The second-order valence-corrected chi connectivity index (χ2v) is 6.08. The molecule has 0 atom stereocenters. The number of rotatable bonds is 6. The predicted octanol–water partition coefficient (Wildman–Crippen LogP) is -1.86. The fraction of sp³-hybridized carbons (Fsp3) is 0.917. The lowest BCUT2D eigenvalue weighted by Crippen LogP contribution is -2.74. The Hall–Kier alpha value is -0.850. The van der Waals surface area contributed by atoms with Crippen LogP contribution >= 0.6 is 0 Å². The van der Waals surface area contributed by atoms with Gasteiger partial charge in [-0.3, -0.25) is 4.99 Å². The number of nitrogens with zero attached hydrogens (tertiary/aromatic N) is 3. The standard InChI is InChI=1S/C12H28N6/c1-17-6-9-18(10-7-17,11-8-17)5-4-15-2-3-16-12(13)14/h15H,2-11H2,1H3,(H4,13,14,16)/q+2. The van der Waals surface area contributed by atoms with Gasteiger partial charge in [0.15, 0.2) is 5.96 Å². The van der Waals surface area contributed by atoms with Gasteiger partial charge >= 0.3 is 0 Å². The number of likely N-dealkylation sites (N-methyl/N-ethyl adjacent to an activating group) is 1. The summed E-state index contributed by atoms with van der Waals surface area (Å²) in [5.74, 6) is 0.183. The zero-order chi connectivity index (χ0) is 13.1. The van der Waals surface area contributed by atoms with Gasteiger partial charge in [-0.05, 0) is 0 Å². The van der Waals surface area contributed by atoms with Gasteiger partial charge in [0.05, 0.1) is 20.1 Å². The summed E-state index contributed by atoms with van der Waals surface area (Å²) in [5, 5.41) is 3.44. The van der Waals surface area contributed by atoms with Crippen LogP contribution in [0.4, 0.5) is 0 Å². The van der Waals surface area contributed by atoms with E-state index in [1.165, 1.54) is 54.8 Å². The number of guanidine groups is 1. The molecule has 0 aromatic heterocycles. The Morgan fingerprint density at radius 2 is 1.67 bits per heavy atom. The highest BCUT2D eigenvalue weighted by Crippen LogP contribution is 2.23. The Labute approximate surface area is 110 Å². The fourth-order valence-electron chi connectivity index (χ4n) is 3.07. The first-order valence-corrected chi connectivity index (χ1v) is 6.99. The van der Waals surface area contributed by atoms with Gasteiger partial charge in [0.25, 0.3) is 0 Å². The molecule has 0 aromatic carbocycles. The molecular weight excluding hydrogens is 228 g/mol. The number of nitrogens with two attached hydrogens (primary N) is 2. The molecule has 104 valence electrons. The summed E-state index contributed by atoms with van der Waals surface area (Å²) in [6.07, 6.45) is 0. The van der Waals surface area contributed by atoms with Gasteiger partial charge in [0.1, 0.15) is 39.3 Å². The van der Waals surface area contributed by atoms with Crippen molar-refractivity contribution in [3.05, 3.63) is 0 Å².